The van der Waals surface area contributed by atoms with Gasteiger partial charge in [0.15, 0.2) is 0 Å². The quantitative estimate of drug-likeness (QED) is 0.134. The second-order valence-corrected chi connectivity index (χ2v) is 12.3. The normalized spacial score (nSPS) is 11.6. The van der Waals surface area contributed by atoms with Gasteiger partial charge in [0.1, 0.15) is 6.54 Å². The van der Waals surface area contributed by atoms with Gasteiger partial charge in [-0.2, -0.15) is 5.10 Å². The van der Waals surface area contributed by atoms with Crippen LogP contribution in [0.25, 0.3) is 5.69 Å². The number of amides is 1. The average Bonchev–Trinajstić information content (AvgIpc) is 3.17. The van der Waals surface area contributed by atoms with Crippen molar-refractivity contribution in [2.24, 2.45) is 5.10 Å². The maximum Gasteiger partial charge on any atom is 0.264 e. The molecule has 0 aliphatic heterocycles. The summed E-state index contributed by atoms with van der Waals surface area (Å²) in [7, 11) is -3.99. The van der Waals surface area contributed by atoms with Gasteiger partial charge in [0.25, 0.3) is 15.9 Å². The number of aromatic nitrogens is 1. The van der Waals surface area contributed by atoms with E-state index in [1.54, 1.807) is 60.7 Å². The Bertz CT molecular complexity index is 1610. The highest BCUT2D eigenvalue weighted by Crippen LogP contribution is 2.29. The van der Waals surface area contributed by atoms with Gasteiger partial charge in [0, 0.05) is 25.5 Å². The zero-order valence-corrected chi connectivity index (χ0v) is 24.9. The van der Waals surface area contributed by atoms with Crippen molar-refractivity contribution in [3.05, 3.63) is 109 Å². The van der Waals surface area contributed by atoms with Crippen LogP contribution in [0, 0.1) is 17.4 Å². The first kappa shape index (κ1) is 28.2. The van der Waals surface area contributed by atoms with Gasteiger partial charge in [0.2, 0.25) is 0 Å². The van der Waals surface area contributed by atoms with E-state index in [9.17, 15) is 13.2 Å². The van der Waals surface area contributed by atoms with Crippen molar-refractivity contribution in [2.75, 3.05) is 10.8 Å². The molecule has 3 aromatic carbocycles. The minimum absolute atomic E-state index is 0.0852. The van der Waals surface area contributed by atoms with E-state index in [1.165, 1.54) is 18.3 Å². The Balaban J connectivity index is 1.55. The number of carbonyl (C=O) groups excluding carboxylic acids is 1. The number of sulfonamides is 1. The summed E-state index contributed by atoms with van der Waals surface area (Å²) in [6.45, 7) is 3.37. The molecule has 0 radical (unpaired) electrons. The highest BCUT2D eigenvalue weighted by atomic mass is 127. The third kappa shape index (κ3) is 6.23. The lowest BCUT2D eigenvalue weighted by atomic mass is 10.2. The van der Waals surface area contributed by atoms with Gasteiger partial charge in [-0.05, 0) is 97.1 Å². The van der Waals surface area contributed by atoms with Gasteiger partial charge in [-0.1, -0.05) is 41.4 Å². The molecule has 4 rings (SSSR count). The first-order chi connectivity index (χ1) is 18.1. The molecule has 1 aromatic heterocycles. The summed E-state index contributed by atoms with van der Waals surface area (Å²) in [6.07, 6.45) is 1.51. The zero-order chi connectivity index (χ0) is 27.4. The van der Waals surface area contributed by atoms with E-state index in [1.807, 2.05) is 24.5 Å². The predicted molar refractivity (Wildman–Crippen MR) is 161 cm³/mol. The summed E-state index contributed by atoms with van der Waals surface area (Å²) >= 11 is 14.7. The maximum atomic E-state index is 13.4. The fourth-order valence-electron chi connectivity index (χ4n) is 3.93. The molecule has 0 fully saturated rings. The summed E-state index contributed by atoms with van der Waals surface area (Å²) in [5.74, 6) is -0.592. The summed E-state index contributed by atoms with van der Waals surface area (Å²) in [5, 5.41) is 5.19. The van der Waals surface area contributed by atoms with Crippen molar-refractivity contribution < 1.29 is 13.2 Å². The fraction of sp³-hybridized carbons (Fsp3) is 0.111. The Morgan fingerprint density at radius 3 is 2.39 bits per heavy atom. The Kier molecular flexibility index (Phi) is 8.81. The fourth-order valence-corrected chi connectivity index (χ4v) is 6.10. The maximum absolute atomic E-state index is 13.4. The minimum atomic E-state index is -3.99. The van der Waals surface area contributed by atoms with Crippen molar-refractivity contribution in [3.8, 4) is 5.69 Å². The van der Waals surface area contributed by atoms with Crippen LogP contribution in [0.1, 0.15) is 17.0 Å². The van der Waals surface area contributed by atoms with E-state index in [2.05, 4.69) is 33.1 Å². The summed E-state index contributed by atoms with van der Waals surface area (Å²) in [5.41, 5.74) is 6.05. The summed E-state index contributed by atoms with van der Waals surface area (Å²) in [6, 6.07) is 22.0. The number of hydrazone groups is 1. The van der Waals surface area contributed by atoms with Crippen LogP contribution in [0.3, 0.4) is 0 Å². The molecule has 0 unspecified atom stereocenters. The molecule has 0 saturated heterocycles. The molecule has 11 heteroatoms. The van der Waals surface area contributed by atoms with Crippen molar-refractivity contribution >= 4 is 73.6 Å². The highest BCUT2D eigenvalue weighted by molar-refractivity contribution is 14.1. The Morgan fingerprint density at radius 1 is 1.03 bits per heavy atom. The van der Waals surface area contributed by atoms with E-state index in [4.69, 9.17) is 23.2 Å². The van der Waals surface area contributed by atoms with Crippen LogP contribution in [0.5, 0.6) is 0 Å². The van der Waals surface area contributed by atoms with Crippen molar-refractivity contribution in [1.29, 1.82) is 0 Å². The molecule has 0 aliphatic rings. The van der Waals surface area contributed by atoms with Crippen LogP contribution in [0.4, 0.5) is 5.69 Å². The number of carbonyl (C=O) groups is 1. The van der Waals surface area contributed by atoms with Crippen molar-refractivity contribution in [3.63, 3.8) is 0 Å². The number of anilines is 1. The molecule has 1 N–H and O–H groups in total. The van der Waals surface area contributed by atoms with Gasteiger partial charge < -0.3 is 4.57 Å². The van der Waals surface area contributed by atoms with Crippen LogP contribution < -0.4 is 9.73 Å². The number of nitrogens with one attached hydrogen (secondary N) is 1. The molecular weight excluding hydrogens is 658 g/mol. The summed E-state index contributed by atoms with van der Waals surface area (Å²) in [4.78, 5) is 12.9. The third-order valence-electron chi connectivity index (χ3n) is 5.75. The van der Waals surface area contributed by atoms with E-state index in [0.717, 1.165) is 30.5 Å². The molecular formula is C27H23Cl2IN4O3S. The second kappa shape index (κ2) is 11.9. The largest absolute Gasteiger partial charge is 0.316 e. The predicted octanol–water partition coefficient (Wildman–Crippen LogP) is 6.35. The average molecular weight is 681 g/mol. The van der Waals surface area contributed by atoms with Crippen molar-refractivity contribution in [1.82, 2.24) is 9.99 Å². The van der Waals surface area contributed by atoms with Gasteiger partial charge in [-0.3, -0.25) is 9.10 Å². The van der Waals surface area contributed by atoms with E-state index >= 15 is 0 Å². The molecule has 1 amide bonds. The van der Waals surface area contributed by atoms with E-state index in [-0.39, 0.29) is 4.90 Å². The number of halogens is 3. The number of hydrogen-bond acceptors (Lipinski definition) is 4. The molecule has 0 aliphatic carbocycles. The molecule has 196 valence electrons. The lowest BCUT2D eigenvalue weighted by Crippen LogP contribution is -2.39. The van der Waals surface area contributed by atoms with Gasteiger partial charge >= 0.3 is 0 Å². The van der Waals surface area contributed by atoms with Crippen LogP contribution in [-0.4, -0.2) is 31.7 Å². The highest BCUT2D eigenvalue weighted by Gasteiger charge is 2.27. The molecule has 7 nitrogen and oxygen atoms in total. The van der Waals surface area contributed by atoms with Gasteiger partial charge in [-0.15, -0.1) is 0 Å². The molecule has 0 bridgehead atoms. The number of nitrogens with zero attached hydrogens (tertiary/aromatic N) is 3. The SMILES string of the molecule is Cc1cc(/C=N\NC(=O)CN(c2ccc(I)cc2)S(=O)(=O)c2ccccc2)c(C)n1-c1cc(Cl)ccc1Cl. The van der Waals surface area contributed by atoms with Crippen LogP contribution >= 0.6 is 45.8 Å². The second-order valence-electron chi connectivity index (χ2n) is 8.35. The number of rotatable bonds is 8. The molecule has 1 heterocycles. The van der Waals surface area contributed by atoms with E-state index < -0.39 is 22.5 Å². The van der Waals surface area contributed by atoms with Gasteiger partial charge in [-0.25, -0.2) is 13.8 Å². The molecule has 0 atom stereocenters. The minimum Gasteiger partial charge on any atom is -0.316 e. The Labute approximate surface area is 245 Å². The van der Waals surface area contributed by atoms with Crippen LogP contribution in [0.2, 0.25) is 10.0 Å². The number of aryl methyl sites for hydroxylation is 1. The van der Waals surface area contributed by atoms with Crippen LogP contribution in [0.15, 0.2) is 88.9 Å². The number of hydrogen-bond donors (Lipinski definition) is 1. The third-order valence-corrected chi connectivity index (χ3v) is 8.81. The van der Waals surface area contributed by atoms with Crippen LogP contribution in [-0.2, 0) is 14.8 Å². The molecule has 38 heavy (non-hydrogen) atoms. The monoisotopic (exact) mass is 680 g/mol. The van der Waals surface area contributed by atoms with Crippen molar-refractivity contribution in [2.45, 2.75) is 18.7 Å². The molecule has 4 aromatic rings. The smallest absolute Gasteiger partial charge is 0.264 e. The lowest BCUT2D eigenvalue weighted by molar-refractivity contribution is -0.119. The Morgan fingerprint density at radius 2 is 1.71 bits per heavy atom. The summed E-state index contributed by atoms with van der Waals surface area (Å²) < 4.78 is 30.8. The molecule has 0 saturated carbocycles. The lowest BCUT2D eigenvalue weighted by Gasteiger charge is -2.23. The number of benzene rings is 3. The standard InChI is InChI=1S/C27H23Cl2IN4O3S/c1-18-14-20(19(2)34(18)26-15-21(28)8-13-25(26)29)16-31-32-27(35)17-33(23-11-9-22(30)10-12-23)38(36,37)24-6-4-3-5-7-24/h3-16H,17H2,1-2H3,(H,32,35)/b31-16-. The van der Waals surface area contributed by atoms with E-state index in [0.29, 0.717) is 15.7 Å². The molecule has 0 spiro atoms. The van der Waals surface area contributed by atoms with Gasteiger partial charge in [0.05, 0.1) is 27.5 Å². The first-order valence-electron chi connectivity index (χ1n) is 11.4. The first-order valence-corrected chi connectivity index (χ1v) is 14.6. The Hall–Kier alpha value is -2.86. The topological polar surface area (TPSA) is 83.8 Å². The zero-order valence-electron chi connectivity index (χ0n) is 20.4.